The van der Waals surface area contributed by atoms with Crippen LogP contribution in [-0.4, -0.2) is 23.3 Å². The van der Waals surface area contributed by atoms with Gasteiger partial charge in [0.15, 0.2) is 11.5 Å². The Morgan fingerprint density at radius 1 is 0.889 bits per heavy atom. The van der Waals surface area contributed by atoms with E-state index in [4.69, 9.17) is 13.7 Å². The minimum absolute atomic E-state index is 0.271. The Labute approximate surface area is 161 Å². The summed E-state index contributed by atoms with van der Waals surface area (Å²) in [5.41, 5.74) is 4.23. The fourth-order valence-corrected chi connectivity index (χ4v) is 3.21. The first-order valence-electron chi connectivity index (χ1n) is 9.53. The summed E-state index contributed by atoms with van der Waals surface area (Å²) in [5.74, 6) is 1.04. The van der Waals surface area contributed by atoms with Gasteiger partial charge in [-0.1, -0.05) is 44.2 Å². The van der Waals surface area contributed by atoms with E-state index in [0.717, 1.165) is 33.6 Å². The number of nitrogens with zero attached hydrogens (tertiary/aromatic N) is 1. The van der Waals surface area contributed by atoms with Gasteiger partial charge in [0.05, 0.1) is 11.2 Å². The van der Waals surface area contributed by atoms with Crippen molar-refractivity contribution in [3.05, 3.63) is 48.4 Å². The van der Waals surface area contributed by atoms with E-state index >= 15 is 0 Å². The van der Waals surface area contributed by atoms with Gasteiger partial charge in [-0.05, 0) is 56.4 Å². The first-order valence-corrected chi connectivity index (χ1v) is 9.53. The van der Waals surface area contributed by atoms with Crippen LogP contribution < -0.4 is 5.46 Å². The van der Waals surface area contributed by atoms with Gasteiger partial charge in [0.1, 0.15) is 5.52 Å². The lowest BCUT2D eigenvalue weighted by Gasteiger charge is -2.32. The summed E-state index contributed by atoms with van der Waals surface area (Å²) in [6, 6.07) is 14.5. The highest BCUT2D eigenvalue weighted by Crippen LogP contribution is 2.36. The van der Waals surface area contributed by atoms with Gasteiger partial charge in [-0.2, -0.15) is 0 Å². The highest BCUT2D eigenvalue weighted by Gasteiger charge is 2.51. The molecule has 27 heavy (non-hydrogen) atoms. The Hall–Kier alpha value is -2.11. The zero-order valence-corrected chi connectivity index (χ0v) is 16.9. The van der Waals surface area contributed by atoms with E-state index in [1.165, 1.54) is 0 Å². The highest BCUT2D eigenvalue weighted by molar-refractivity contribution is 6.62. The molecule has 0 N–H and O–H groups in total. The van der Waals surface area contributed by atoms with E-state index < -0.39 is 0 Å². The van der Waals surface area contributed by atoms with E-state index in [1.807, 2.05) is 12.1 Å². The topological polar surface area (TPSA) is 44.5 Å². The highest BCUT2D eigenvalue weighted by atomic mass is 16.7. The van der Waals surface area contributed by atoms with E-state index in [1.54, 1.807) is 0 Å². The second kappa shape index (κ2) is 6.21. The number of hydrogen-bond donors (Lipinski definition) is 0. The molecule has 140 valence electrons. The van der Waals surface area contributed by atoms with Crippen LogP contribution in [0.3, 0.4) is 0 Å². The molecule has 1 aliphatic heterocycles. The number of rotatable bonds is 3. The molecule has 0 amide bonds. The molecule has 1 saturated heterocycles. The monoisotopic (exact) mass is 363 g/mol. The number of aromatic nitrogens is 1. The molecule has 0 saturated carbocycles. The molecule has 0 spiro atoms. The minimum Gasteiger partial charge on any atom is -0.440 e. The molecule has 1 fully saturated rings. The third kappa shape index (κ3) is 3.19. The zero-order chi connectivity index (χ0) is 19.4. The van der Waals surface area contributed by atoms with E-state index in [9.17, 15) is 0 Å². The van der Waals surface area contributed by atoms with Crippen molar-refractivity contribution in [1.29, 1.82) is 0 Å². The van der Waals surface area contributed by atoms with Gasteiger partial charge in [0.25, 0.3) is 0 Å². The van der Waals surface area contributed by atoms with Crippen LogP contribution in [0.1, 0.15) is 53.4 Å². The molecule has 1 aromatic heterocycles. The van der Waals surface area contributed by atoms with Crippen molar-refractivity contribution in [3.8, 4) is 11.1 Å². The van der Waals surface area contributed by atoms with Crippen molar-refractivity contribution >= 4 is 23.7 Å². The maximum atomic E-state index is 6.19. The van der Waals surface area contributed by atoms with Crippen molar-refractivity contribution in [2.75, 3.05) is 0 Å². The normalized spacial score (nSPS) is 18.6. The Morgan fingerprint density at radius 3 is 2.22 bits per heavy atom. The predicted molar refractivity (Wildman–Crippen MR) is 109 cm³/mol. The van der Waals surface area contributed by atoms with Crippen LogP contribution in [0.25, 0.3) is 22.2 Å². The predicted octanol–water partition coefficient (Wildman–Crippen LogP) is 4.92. The maximum absolute atomic E-state index is 6.19. The van der Waals surface area contributed by atoms with Gasteiger partial charge in [-0.3, -0.25) is 0 Å². The first-order chi connectivity index (χ1) is 12.7. The lowest BCUT2D eigenvalue weighted by atomic mass is 9.78. The number of hydrogen-bond acceptors (Lipinski definition) is 4. The van der Waals surface area contributed by atoms with Crippen LogP contribution in [0.2, 0.25) is 0 Å². The number of fused-ring (bicyclic) bond motifs is 1. The standard InChI is InChI=1S/C22H26BNO3/c1-14(2)20-24-18-11-10-16(13-19(18)25-20)15-8-7-9-17(12-15)23-26-21(3,4)22(5,6)27-23/h7-14H,1-6H3. The average molecular weight is 363 g/mol. The molecule has 0 atom stereocenters. The molecule has 4 rings (SSSR count). The Kier molecular flexibility index (Phi) is 4.20. The fourth-order valence-electron chi connectivity index (χ4n) is 3.21. The van der Waals surface area contributed by atoms with Crippen molar-refractivity contribution < 1.29 is 13.7 Å². The van der Waals surface area contributed by atoms with Crippen LogP contribution >= 0.6 is 0 Å². The summed E-state index contributed by atoms with van der Waals surface area (Å²) in [5, 5.41) is 0. The van der Waals surface area contributed by atoms with Gasteiger partial charge in [0, 0.05) is 5.92 Å². The van der Waals surface area contributed by atoms with Crippen molar-refractivity contribution in [1.82, 2.24) is 4.98 Å². The summed E-state index contributed by atoms with van der Waals surface area (Å²) in [6.07, 6.45) is 0. The SMILES string of the molecule is CC(C)c1nc2ccc(-c3cccc(B4OC(C)(C)C(C)(C)O4)c3)cc2o1. The first kappa shape index (κ1) is 18.3. The van der Waals surface area contributed by atoms with Crippen LogP contribution in [-0.2, 0) is 9.31 Å². The Balaban J connectivity index is 1.68. The smallest absolute Gasteiger partial charge is 0.440 e. The molecular formula is C22H26BNO3. The van der Waals surface area contributed by atoms with E-state index in [-0.39, 0.29) is 24.2 Å². The molecular weight excluding hydrogens is 337 g/mol. The maximum Gasteiger partial charge on any atom is 0.494 e. The van der Waals surface area contributed by atoms with Crippen LogP contribution in [0.5, 0.6) is 0 Å². The van der Waals surface area contributed by atoms with Gasteiger partial charge in [-0.25, -0.2) is 4.98 Å². The average Bonchev–Trinajstić information content (AvgIpc) is 3.13. The molecule has 1 aliphatic rings. The van der Waals surface area contributed by atoms with Crippen molar-refractivity contribution in [2.45, 2.75) is 58.7 Å². The summed E-state index contributed by atoms with van der Waals surface area (Å²) in [4.78, 5) is 4.55. The molecule has 0 unspecified atom stereocenters. The molecule has 0 radical (unpaired) electrons. The second-order valence-electron chi connectivity index (χ2n) is 8.60. The van der Waals surface area contributed by atoms with Crippen LogP contribution in [0, 0.1) is 0 Å². The molecule has 4 nitrogen and oxygen atoms in total. The van der Waals surface area contributed by atoms with Gasteiger partial charge in [0.2, 0.25) is 0 Å². The Morgan fingerprint density at radius 2 is 1.56 bits per heavy atom. The number of oxazole rings is 1. The minimum atomic E-state index is -0.364. The molecule has 5 heteroatoms. The fraction of sp³-hybridized carbons (Fsp3) is 0.409. The van der Waals surface area contributed by atoms with Gasteiger partial charge in [-0.15, -0.1) is 0 Å². The second-order valence-corrected chi connectivity index (χ2v) is 8.60. The third-order valence-electron chi connectivity index (χ3n) is 5.64. The molecule has 2 aromatic carbocycles. The van der Waals surface area contributed by atoms with Crippen LogP contribution in [0.4, 0.5) is 0 Å². The van der Waals surface area contributed by atoms with Crippen molar-refractivity contribution in [2.24, 2.45) is 0 Å². The summed E-state index contributed by atoms with van der Waals surface area (Å²) >= 11 is 0. The molecule has 0 bridgehead atoms. The lowest BCUT2D eigenvalue weighted by molar-refractivity contribution is 0.00578. The number of benzene rings is 2. The van der Waals surface area contributed by atoms with Gasteiger partial charge < -0.3 is 13.7 Å². The molecule has 2 heterocycles. The van der Waals surface area contributed by atoms with Crippen LogP contribution in [0.15, 0.2) is 46.9 Å². The largest absolute Gasteiger partial charge is 0.494 e. The zero-order valence-electron chi connectivity index (χ0n) is 16.9. The molecule has 0 aliphatic carbocycles. The summed E-state index contributed by atoms with van der Waals surface area (Å²) in [6.45, 7) is 12.4. The molecule has 3 aromatic rings. The summed E-state index contributed by atoms with van der Waals surface area (Å²) in [7, 11) is -0.364. The van der Waals surface area contributed by atoms with Crippen molar-refractivity contribution in [3.63, 3.8) is 0 Å². The third-order valence-corrected chi connectivity index (χ3v) is 5.64. The quantitative estimate of drug-likeness (QED) is 0.620. The summed E-state index contributed by atoms with van der Waals surface area (Å²) < 4.78 is 18.3. The lowest BCUT2D eigenvalue weighted by Crippen LogP contribution is -2.41. The Bertz CT molecular complexity index is 974. The van der Waals surface area contributed by atoms with E-state index in [2.05, 4.69) is 76.9 Å². The van der Waals surface area contributed by atoms with E-state index in [0.29, 0.717) is 0 Å². The van der Waals surface area contributed by atoms with Gasteiger partial charge >= 0.3 is 7.12 Å².